The van der Waals surface area contributed by atoms with Crippen LogP contribution in [0.1, 0.15) is 10.4 Å². The molecule has 0 aliphatic rings. The minimum atomic E-state index is 0.603. The van der Waals surface area contributed by atoms with Gasteiger partial charge in [-0.05, 0) is 41.6 Å². The summed E-state index contributed by atoms with van der Waals surface area (Å²) in [6.45, 7) is 4.35. The number of benzene rings is 1. The van der Waals surface area contributed by atoms with Gasteiger partial charge in [-0.15, -0.1) is 17.9 Å². The van der Waals surface area contributed by atoms with E-state index < -0.39 is 0 Å². The topological polar surface area (TPSA) is 35.2 Å². The third kappa shape index (κ3) is 3.11. The van der Waals surface area contributed by atoms with E-state index in [4.69, 9.17) is 10.5 Å². The molecule has 2 rings (SSSR count). The molecule has 0 saturated carbocycles. The van der Waals surface area contributed by atoms with Crippen molar-refractivity contribution in [2.45, 2.75) is 13.0 Å². The van der Waals surface area contributed by atoms with Crippen molar-refractivity contribution in [1.29, 1.82) is 0 Å². The first-order valence-electron chi connectivity index (χ1n) is 5.44. The van der Waals surface area contributed by atoms with E-state index in [0.717, 1.165) is 23.4 Å². The van der Waals surface area contributed by atoms with Crippen LogP contribution in [0, 0.1) is 0 Å². The van der Waals surface area contributed by atoms with Crippen molar-refractivity contribution in [1.82, 2.24) is 0 Å². The summed E-state index contributed by atoms with van der Waals surface area (Å²) in [7, 11) is 0. The normalized spacial score (nSPS) is 10.1. The molecule has 1 aromatic heterocycles. The van der Waals surface area contributed by atoms with Gasteiger partial charge in [0.15, 0.2) is 0 Å². The minimum absolute atomic E-state index is 0.603. The molecule has 1 aromatic carbocycles. The average Bonchev–Trinajstić information content (AvgIpc) is 2.81. The first kappa shape index (κ1) is 11.7. The van der Waals surface area contributed by atoms with Crippen LogP contribution in [-0.2, 0) is 13.0 Å². The van der Waals surface area contributed by atoms with Crippen LogP contribution in [0.15, 0.2) is 48.4 Å². The van der Waals surface area contributed by atoms with Gasteiger partial charge in [-0.25, -0.2) is 0 Å². The zero-order valence-electron chi connectivity index (χ0n) is 9.56. The molecule has 17 heavy (non-hydrogen) atoms. The maximum absolute atomic E-state index is 5.80. The molecule has 0 spiro atoms. The fraction of sp³-hybridized carbons (Fsp3) is 0.143. The smallest absolute Gasteiger partial charge is 0.123 e. The maximum atomic E-state index is 5.80. The SMILES string of the molecule is C=CCc1cc(N)ccc1OCc1cccs1. The number of ether oxygens (including phenoxy) is 1. The molecule has 0 atom stereocenters. The number of nitrogen functional groups attached to an aromatic ring is 1. The summed E-state index contributed by atoms with van der Waals surface area (Å²) >= 11 is 1.69. The van der Waals surface area contributed by atoms with Crippen LogP contribution in [0.5, 0.6) is 5.75 Å². The largest absolute Gasteiger partial charge is 0.488 e. The second-order valence-electron chi connectivity index (χ2n) is 3.73. The Kier molecular flexibility index (Phi) is 3.83. The number of thiophene rings is 1. The lowest BCUT2D eigenvalue weighted by Crippen LogP contribution is -1.98. The molecule has 2 nitrogen and oxygen atoms in total. The highest BCUT2D eigenvalue weighted by Gasteiger charge is 2.04. The first-order chi connectivity index (χ1) is 8.29. The van der Waals surface area contributed by atoms with Gasteiger partial charge in [0.25, 0.3) is 0 Å². The lowest BCUT2D eigenvalue weighted by molar-refractivity contribution is 0.307. The highest BCUT2D eigenvalue weighted by molar-refractivity contribution is 7.09. The van der Waals surface area contributed by atoms with Crippen LogP contribution in [0.25, 0.3) is 0 Å². The van der Waals surface area contributed by atoms with Crippen LogP contribution >= 0.6 is 11.3 Å². The lowest BCUT2D eigenvalue weighted by Gasteiger charge is -2.10. The summed E-state index contributed by atoms with van der Waals surface area (Å²) in [6, 6.07) is 9.80. The van der Waals surface area contributed by atoms with Crippen molar-refractivity contribution in [3.8, 4) is 5.75 Å². The maximum Gasteiger partial charge on any atom is 0.123 e. The number of rotatable bonds is 5. The van der Waals surface area contributed by atoms with E-state index in [2.05, 4.69) is 12.6 Å². The monoisotopic (exact) mass is 245 g/mol. The van der Waals surface area contributed by atoms with Crippen molar-refractivity contribution in [2.75, 3.05) is 5.73 Å². The molecule has 0 unspecified atom stereocenters. The second-order valence-corrected chi connectivity index (χ2v) is 4.76. The third-order valence-corrected chi connectivity index (χ3v) is 3.25. The quantitative estimate of drug-likeness (QED) is 0.644. The molecule has 1 heterocycles. The standard InChI is InChI=1S/C14H15NOS/c1-2-4-11-9-12(15)6-7-14(11)16-10-13-5-3-8-17-13/h2-3,5-9H,1,4,10,15H2. The van der Waals surface area contributed by atoms with Crippen molar-refractivity contribution in [3.63, 3.8) is 0 Å². The summed E-state index contributed by atoms with van der Waals surface area (Å²) in [4.78, 5) is 1.21. The predicted octanol–water partition coefficient (Wildman–Crippen LogP) is 3.64. The molecule has 0 saturated heterocycles. The number of anilines is 1. The van der Waals surface area contributed by atoms with Crippen LogP contribution in [0.3, 0.4) is 0 Å². The number of nitrogens with two attached hydrogens (primary N) is 1. The average molecular weight is 245 g/mol. The summed E-state index contributed by atoms with van der Waals surface area (Å²) in [5, 5.41) is 2.05. The molecule has 0 bridgehead atoms. The fourth-order valence-electron chi connectivity index (χ4n) is 1.60. The van der Waals surface area contributed by atoms with Crippen LogP contribution in [0.2, 0.25) is 0 Å². The highest BCUT2D eigenvalue weighted by atomic mass is 32.1. The zero-order chi connectivity index (χ0) is 12.1. The van der Waals surface area contributed by atoms with Gasteiger partial charge in [-0.1, -0.05) is 12.1 Å². The van der Waals surface area contributed by atoms with E-state index in [9.17, 15) is 0 Å². The summed E-state index contributed by atoms with van der Waals surface area (Å²) < 4.78 is 5.80. The Labute approximate surface area is 105 Å². The Hall–Kier alpha value is -1.74. The zero-order valence-corrected chi connectivity index (χ0v) is 10.4. The van der Waals surface area contributed by atoms with Crippen LogP contribution in [0.4, 0.5) is 5.69 Å². The van der Waals surface area contributed by atoms with Gasteiger partial charge in [0.2, 0.25) is 0 Å². The predicted molar refractivity (Wildman–Crippen MR) is 73.4 cm³/mol. The van der Waals surface area contributed by atoms with Gasteiger partial charge >= 0.3 is 0 Å². The van der Waals surface area contributed by atoms with Crippen molar-refractivity contribution >= 4 is 17.0 Å². The Morgan fingerprint density at radius 2 is 2.24 bits per heavy atom. The van der Waals surface area contributed by atoms with Gasteiger partial charge in [-0.2, -0.15) is 0 Å². The van der Waals surface area contributed by atoms with Crippen molar-refractivity contribution in [3.05, 3.63) is 58.8 Å². The van der Waals surface area contributed by atoms with E-state index in [0.29, 0.717) is 6.61 Å². The molecular weight excluding hydrogens is 230 g/mol. The molecule has 2 N–H and O–H groups in total. The molecule has 0 amide bonds. The third-order valence-electron chi connectivity index (χ3n) is 2.40. The molecular formula is C14H15NOS. The Bertz CT molecular complexity index is 491. The summed E-state index contributed by atoms with van der Waals surface area (Å²) in [5.74, 6) is 0.882. The number of allylic oxidation sites excluding steroid dienone is 1. The van der Waals surface area contributed by atoms with Crippen LogP contribution in [-0.4, -0.2) is 0 Å². The number of hydrogen-bond donors (Lipinski definition) is 1. The Balaban J connectivity index is 2.11. The first-order valence-corrected chi connectivity index (χ1v) is 6.32. The molecule has 0 fully saturated rings. The molecule has 0 aliphatic heterocycles. The fourth-order valence-corrected chi connectivity index (χ4v) is 2.21. The van der Waals surface area contributed by atoms with Gasteiger partial charge < -0.3 is 10.5 Å². The van der Waals surface area contributed by atoms with E-state index >= 15 is 0 Å². The minimum Gasteiger partial charge on any atom is -0.488 e. The van der Waals surface area contributed by atoms with Crippen molar-refractivity contribution in [2.24, 2.45) is 0 Å². The van der Waals surface area contributed by atoms with E-state index in [1.165, 1.54) is 4.88 Å². The molecule has 88 valence electrons. The van der Waals surface area contributed by atoms with Crippen LogP contribution < -0.4 is 10.5 Å². The van der Waals surface area contributed by atoms with Gasteiger partial charge in [0.1, 0.15) is 12.4 Å². The molecule has 0 aliphatic carbocycles. The molecule has 3 heteroatoms. The summed E-state index contributed by atoms with van der Waals surface area (Å²) in [6.07, 6.45) is 2.62. The molecule has 2 aromatic rings. The Morgan fingerprint density at radius 1 is 1.35 bits per heavy atom. The Morgan fingerprint density at radius 3 is 2.94 bits per heavy atom. The van der Waals surface area contributed by atoms with E-state index in [-0.39, 0.29) is 0 Å². The van der Waals surface area contributed by atoms with Gasteiger partial charge in [-0.3, -0.25) is 0 Å². The van der Waals surface area contributed by atoms with Crippen molar-refractivity contribution < 1.29 is 4.74 Å². The van der Waals surface area contributed by atoms with E-state index in [1.54, 1.807) is 11.3 Å². The van der Waals surface area contributed by atoms with E-state index in [1.807, 2.05) is 35.7 Å². The van der Waals surface area contributed by atoms with Gasteiger partial charge in [0.05, 0.1) is 0 Å². The lowest BCUT2D eigenvalue weighted by atomic mass is 10.1. The van der Waals surface area contributed by atoms with Gasteiger partial charge in [0, 0.05) is 10.6 Å². The summed E-state index contributed by atoms with van der Waals surface area (Å²) in [5.41, 5.74) is 7.60. The molecule has 0 radical (unpaired) electrons. The number of hydrogen-bond acceptors (Lipinski definition) is 3. The highest BCUT2D eigenvalue weighted by Crippen LogP contribution is 2.24. The second kappa shape index (κ2) is 5.55.